The van der Waals surface area contributed by atoms with Crippen LogP contribution in [0.2, 0.25) is 0 Å². The number of carbonyl (C=O) groups is 2. The molecule has 0 saturated carbocycles. The Morgan fingerprint density at radius 1 is 0.677 bits per heavy atom. The summed E-state index contributed by atoms with van der Waals surface area (Å²) in [5, 5.41) is 0. The lowest BCUT2D eigenvalue weighted by atomic mass is 10.1. The zero-order valence-electron chi connectivity index (χ0n) is 19.8. The fraction of sp³-hybridized carbons (Fsp3) is 0.593. The Kier molecular flexibility index (Phi) is 19.4. The van der Waals surface area contributed by atoms with E-state index in [0.29, 0.717) is 24.3 Å². The van der Waals surface area contributed by atoms with Gasteiger partial charge in [0.15, 0.2) is 0 Å². The number of ether oxygens (including phenoxy) is 2. The van der Waals surface area contributed by atoms with E-state index < -0.39 is 11.9 Å². The molecule has 1 rings (SSSR count). The number of rotatable bonds is 16. The molecule has 0 aliphatic carbocycles. The number of hydrogen-bond acceptors (Lipinski definition) is 4. The maximum Gasteiger partial charge on any atom is 0.339 e. The lowest BCUT2D eigenvalue weighted by molar-refractivity contribution is 0.0450. The molecular formula is C27H42O4. The Hall–Kier alpha value is -2.32. The molecular weight excluding hydrogens is 388 g/mol. The van der Waals surface area contributed by atoms with Crippen LogP contribution in [0, 0.1) is 0 Å². The van der Waals surface area contributed by atoms with Crippen molar-refractivity contribution in [2.75, 3.05) is 13.2 Å². The largest absolute Gasteiger partial charge is 0.462 e. The molecule has 0 atom stereocenters. The maximum absolute atomic E-state index is 12.4. The average Bonchev–Trinajstić information content (AvgIpc) is 2.78. The summed E-state index contributed by atoms with van der Waals surface area (Å²) in [6.07, 6.45) is 13.6. The van der Waals surface area contributed by atoms with Crippen LogP contribution in [0.1, 0.15) is 112 Å². The van der Waals surface area contributed by atoms with Crippen LogP contribution in [0.4, 0.5) is 0 Å². The van der Waals surface area contributed by atoms with Crippen LogP contribution < -0.4 is 0 Å². The van der Waals surface area contributed by atoms with Crippen molar-refractivity contribution in [2.45, 2.75) is 90.9 Å². The second kappa shape index (κ2) is 20.9. The summed E-state index contributed by atoms with van der Waals surface area (Å²) in [5.74, 6) is -0.888. The Bertz CT molecular complexity index is 581. The van der Waals surface area contributed by atoms with Gasteiger partial charge in [-0.05, 0) is 25.0 Å². The molecule has 174 valence electrons. The molecule has 0 amide bonds. The molecule has 0 spiro atoms. The minimum Gasteiger partial charge on any atom is -0.462 e. The molecule has 4 nitrogen and oxygen atoms in total. The van der Waals surface area contributed by atoms with Gasteiger partial charge in [-0.1, -0.05) is 103 Å². The molecule has 0 heterocycles. The van der Waals surface area contributed by atoms with Gasteiger partial charge in [-0.3, -0.25) is 0 Å². The summed E-state index contributed by atoms with van der Waals surface area (Å²) in [5.41, 5.74) is 2.84. The van der Waals surface area contributed by atoms with Crippen LogP contribution in [-0.2, 0) is 9.47 Å². The minimum atomic E-state index is -0.444. The summed E-state index contributed by atoms with van der Waals surface area (Å²) in [4.78, 5) is 24.7. The number of hydrogen-bond donors (Lipinski definition) is 0. The molecule has 1 aromatic rings. The van der Waals surface area contributed by atoms with Gasteiger partial charge in [0.25, 0.3) is 0 Å². The van der Waals surface area contributed by atoms with Crippen LogP contribution in [-0.4, -0.2) is 25.2 Å². The predicted octanol–water partition coefficient (Wildman–Crippen LogP) is 7.68. The van der Waals surface area contributed by atoms with E-state index >= 15 is 0 Å². The topological polar surface area (TPSA) is 52.6 Å². The van der Waals surface area contributed by atoms with E-state index in [0.717, 1.165) is 25.7 Å². The number of esters is 2. The first kappa shape index (κ1) is 28.7. The Balaban J connectivity index is 0.00000282. The molecule has 0 radical (unpaired) electrons. The third-order valence-electron chi connectivity index (χ3n) is 4.83. The fourth-order valence-corrected chi connectivity index (χ4v) is 3.09. The van der Waals surface area contributed by atoms with Crippen molar-refractivity contribution in [1.29, 1.82) is 0 Å². The highest BCUT2D eigenvalue weighted by Gasteiger charge is 2.18. The summed E-state index contributed by atoms with van der Waals surface area (Å²) >= 11 is 0. The lowest BCUT2D eigenvalue weighted by Gasteiger charge is -2.10. The van der Waals surface area contributed by atoms with Crippen molar-refractivity contribution in [3.8, 4) is 0 Å². The summed E-state index contributed by atoms with van der Waals surface area (Å²) in [6.45, 7) is 11.4. The highest BCUT2D eigenvalue weighted by atomic mass is 16.5. The van der Waals surface area contributed by atoms with E-state index in [1.807, 2.05) is 0 Å². The van der Waals surface area contributed by atoms with Crippen LogP contribution >= 0.6 is 0 Å². The van der Waals surface area contributed by atoms with E-state index in [-0.39, 0.29) is 0 Å². The van der Waals surface area contributed by atoms with Crippen LogP contribution in [0.25, 0.3) is 0 Å². The van der Waals surface area contributed by atoms with Crippen molar-refractivity contribution in [3.63, 3.8) is 0 Å². The van der Waals surface area contributed by atoms with Gasteiger partial charge >= 0.3 is 11.9 Å². The highest BCUT2D eigenvalue weighted by Crippen LogP contribution is 2.14. The van der Waals surface area contributed by atoms with Crippen LogP contribution in [0.15, 0.2) is 43.2 Å². The average molecular weight is 431 g/mol. The first-order valence-corrected chi connectivity index (χ1v) is 11.8. The highest BCUT2D eigenvalue weighted by molar-refractivity contribution is 6.03. The van der Waals surface area contributed by atoms with Gasteiger partial charge in [0.05, 0.1) is 24.3 Å². The van der Waals surface area contributed by atoms with Crippen LogP contribution in [0.3, 0.4) is 0 Å². The van der Waals surface area contributed by atoms with Gasteiger partial charge in [-0.2, -0.15) is 0 Å². The molecule has 0 saturated heterocycles. The first-order valence-electron chi connectivity index (χ1n) is 11.8. The Morgan fingerprint density at radius 2 is 1.00 bits per heavy atom. The van der Waals surface area contributed by atoms with E-state index in [1.54, 1.807) is 24.3 Å². The monoisotopic (exact) mass is 430 g/mol. The number of benzene rings is 1. The summed E-state index contributed by atoms with van der Waals surface area (Å²) in [7, 11) is 0. The zero-order chi connectivity index (χ0) is 23.2. The quantitative estimate of drug-likeness (QED) is 0.153. The summed E-state index contributed by atoms with van der Waals surface area (Å²) in [6, 6.07) is 6.74. The number of carbonyl (C=O) groups excluding carboxylic acids is 2. The van der Waals surface area contributed by atoms with E-state index in [4.69, 9.17) is 9.47 Å². The molecule has 1 aromatic carbocycles. The van der Waals surface area contributed by atoms with E-state index in [9.17, 15) is 9.59 Å². The number of unbranched alkanes of at least 4 members (excludes halogenated alkanes) is 10. The molecule has 31 heavy (non-hydrogen) atoms. The van der Waals surface area contributed by atoms with Gasteiger partial charge < -0.3 is 9.47 Å². The molecule has 0 aliphatic heterocycles. The van der Waals surface area contributed by atoms with E-state index in [2.05, 4.69) is 32.7 Å². The Morgan fingerprint density at radius 3 is 1.35 bits per heavy atom. The normalized spacial score (nSPS) is 9.87. The van der Waals surface area contributed by atoms with Crippen molar-refractivity contribution in [1.82, 2.24) is 0 Å². The molecule has 0 aliphatic rings. The molecule has 0 unspecified atom stereocenters. The standard InChI is InChI=1S/C24H38O4.C3H4/c1-3-5-7-9-11-15-19-27-23(25)21-17-13-14-18-22(21)24(26)28-20-16-12-10-8-6-4-2;1-3-2/h13-14,17-18H,3-12,15-16,19-20H2,1-2H3;1-2H2. The van der Waals surface area contributed by atoms with Crippen molar-refractivity contribution in [2.24, 2.45) is 0 Å². The third kappa shape index (κ3) is 15.2. The second-order valence-corrected chi connectivity index (χ2v) is 7.60. The Labute approximate surface area is 189 Å². The van der Waals surface area contributed by atoms with Crippen LogP contribution in [0.5, 0.6) is 0 Å². The molecule has 0 aromatic heterocycles. The SMILES string of the molecule is C=C=C.CCCCCCCCOC(=O)c1ccccc1C(=O)OCCCCCCCC. The van der Waals surface area contributed by atoms with Gasteiger partial charge in [-0.25, -0.2) is 9.59 Å². The second-order valence-electron chi connectivity index (χ2n) is 7.60. The summed E-state index contributed by atoms with van der Waals surface area (Å²) < 4.78 is 10.7. The van der Waals surface area contributed by atoms with Gasteiger partial charge in [0, 0.05) is 0 Å². The predicted molar refractivity (Wildman–Crippen MR) is 129 cm³/mol. The lowest BCUT2D eigenvalue weighted by Crippen LogP contribution is -2.15. The maximum atomic E-state index is 12.4. The van der Waals surface area contributed by atoms with Crippen molar-refractivity contribution < 1.29 is 19.1 Å². The zero-order valence-corrected chi connectivity index (χ0v) is 19.8. The molecule has 0 bridgehead atoms. The molecule has 4 heteroatoms. The van der Waals surface area contributed by atoms with Gasteiger partial charge in [0.1, 0.15) is 0 Å². The molecule has 0 fully saturated rings. The smallest absolute Gasteiger partial charge is 0.339 e. The van der Waals surface area contributed by atoms with E-state index in [1.165, 1.54) is 51.4 Å². The fourth-order valence-electron chi connectivity index (χ4n) is 3.09. The third-order valence-corrected chi connectivity index (χ3v) is 4.83. The van der Waals surface area contributed by atoms with Gasteiger partial charge in [-0.15, -0.1) is 5.73 Å². The van der Waals surface area contributed by atoms with Crippen molar-refractivity contribution >= 4 is 11.9 Å². The first-order chi connectivity index (χ1) is 15.1. The van der Waals surface area contributed by atoms with Crippen molar-refractivity contribution in [3.05, 3.63) is 54.3 Å². The minimum absolute atomic E-state index is 0.293. The van der Waals surface area contributed by atoms with Gasteiger partial charge in [0.2, 0.25) is 0 Å². The molecule has 0 N–H and O–H groups in total.